The molecule has 1 heterocycles. The van der Waals surface area contributed by atoms with Crippen molar-refractivity contribution in [3.63, 3.8) is 0 Å². The Hall–Kier alpha value is -0.120. The van der Waals surface area contributed by atoms with E-state index in [1.165, 1.54) is 45.3 Å². The summed E-state index contributed by atoms with van der Waals surface area (Å²) in [5.41, 5.74) is -0.396. The van der Waals surface area contributed by atoms with Crippen LogP contribution in [0, 0.1) is 5.92 Å². The van der Waals surface area contributed by atoms with E-state index in [1.54, 1.807) is 0 Å². The third-order valence-corrected chi connectivity index (χ3v) is 4.94. The number of aliphatic hydroxyl groups is 1. The zero-order chi connectivity index (χ0) is 13.7. The molecule has 0 spiro atoms. The van der Waals surface area contributed by atoms with Crippen LogP contribution in [0.1, 0.15) is 52.4 Å². The number of hydrogen-bond acceptors (Lipinski definition) is 3. The molecule has 0 amide bonds. The highest BCUT2D eigenvalue weighted by Gasteiger charge is 2.33. The third kappa shape index (κ3) is 4.73. The van der Waals surface area contributed by atoms with E-state index in [2.05, 4.69) is 23.6 Å². The smallest absolute Gasteiger partial charge is 0.0774 e. The van der Waals surface area contributed by atoms with Gasteiger partial charge >= 0.3 is 0 Å². The number of rotatable bonds is 4. The van der Waals surface area contributed by atoms with Crippen LogP contribution in [0.15, 0.2) is 0 Å². The second-order valence-electron chi connectivity index (χ2n) is 6.88. The van der Waals surface area contributed by atoms with Crippen LogP contribution in [-0.2, 0) is 0 Å². The van der Waals surface area contributed by atoms with E-state index in [0.717, 1.165) is 38.4 Å². The highest BCUT2D eigenvalue weighted by molar-refractivity contribution is 4.88. The molecule has 0 aromatic heterocycles. The molecular formula is C16H32N2O. The SMILES string of the molecule is CCCN1CCCN(CC2(O)CCC(C)CC2)CC1. The molecule has 0 unspecified atom stereocenters. The fraction of sp³-hybridized carbons (Fsp3) is 1.00. The van der Waals surface area contributed by atoms with Gasteiger partial charge in [-0.05, 0) is 64.1 Å². The van der Waals surface area contributed by atoms with Crippen molar-refractivity contribution in [2.24, 2.45) is 5.92 Å². The third-order valence-electron chi connectivity index (χ3n) is 4.94. The molecule has 112 valence electrons. The van der Waals surface area contributed by atoms with Gasteiger partial charge in [0.2, 0.25) is 0 Å². The maximum atomic E-state index is 10.7. The van der Waals surface area contributed by atoms with Gasteiger partial charge in [0, 0.05) is 19.6 Å². The molecule has 3 heteroatoms. The van der Waals surface area contributed by atoms with Crippen LogP contribution < -0.4 is 0 Å². The Labute approximate surface area is 119 Å². The average molecular weight is 268 g/mol. The Kier molecular flexibility index (Phi) is 5.67. The second-order valence-corrected chi connectivity index (χ2v) is 6.88. The first-order chi connectivity index (χ1) is 9.11. The molecule has 1 N–H and O–H groups in total. The summed E-state index contributed by atoms with van der Waals surface area (Å²) in [6, 6.07) is 0. The number of hydrogen-bond donors (Lipinski definition) is 1. The fourth-order valence-corrected chi connectivity index (χ4v) is 3.60. The van der Waals surface area contributed by atoms with E-state index in [4.69, 9.17) is 0 Å². The normalized spacial score (nSPS) is 35.2. The molecule has 0 bridgehead atoms. The Balaban J connectivity index is 1.79. The predicted molar refractivity (Wildman–Crippen MR) is 80.4 cm³/mol. The monoisotopic (exact) mass is 268 g/mol. The van der Waals surface area contributed by atoms with Gasteiger partial charge in [-0.3, -0.25) is 4.90 Å². The molecule has 2 fully saturated rings. The van der Waals surface area contributed by atoms with Crippen molar-refractivity contribution < 1.29 is 5.11 Å². The maximum absolute atomic E-state index is 10.7. The van der Waals surface area contributed by atoms with Gasteiger partial charge in [-0.1, -0.05) is 13.8 Å². The number of nitrogens with zero attached hydrogens (tertiary/aromatic N) is 2. The Bertz CT molecular complexity index is 261. The van der Waals surface area contributed by atoms with Crippen molar-refractivity contribution in [3.8, 4) is 0 Å². The lowest BCUT2D eigenvalue weighted by molar-refractivity contribution is -0.0342. The Morgan fingerprint density at radius 2 is 1.68 bits per heavy atom. The van der Waals surface area contributed by atoms with Crippen LogP contribution >= 0.6 is 0 Å². The predicted octanol–water partition coefficient (Wildman–Crippen LogP) is 2.35. The molecule has 3 nitrogen and oxygen atoms in total. The van der Waals surface area contributed by atoms with Crippen LogP contribution in [-0.4, -0.2) is 59.8 Å². The molecule has 1 saturated carbocycles. The lowest BCUT2D eigenvalue weighted by Gasteiger charge is -2.38. The van der Waals surface area contributed by atoms with E-state index >= 15 is 0 Å². The lowest BCUT2D eigenvalue weighted by Crippen LogP contribution is -2.46. The zero-order valence-corrected chi connectivity index (χ0v) is 12.9. The summed E-state index contributed by atoms with van der Waals surface area (Å²) in [4.78, 5) is 5.08. The second kappa shape index (κ2) is 7.05. The molecule has 0 atom stereocenters. The highest BCUT2D eigenvalue weighted by Crippen LogP contribution is 2.32. The summed E-state index contributed by atoms with van der Waals surface area (Å²) in [6.07, 6.45) is 6.92. The van der Waals surface area contributed by atoms with Crippen LogP contribution in [0.5, 0.6) is 0 Å². The van der Waals surface area contributed by atoms with Crippen molar-refractivity contribution in [1.82, 2.24) is 9.80 Å². The maximum Gasteiger partial charge on any atom is 0.0774 e. The van der Waals surface area contributed by atoms with Crippen molar-refractivity contribution in [2.75, 3.05) is 39.3 Å². The van der Waals surface area contributed by atoms with Crippen LogP contribution in [0.2, 0.25) is 0 Å². The quantitative estimate of drug-likeness (QED) is 0.848. The molecule has 1 aliphatic heterocycles. The van der Waals surface area contributed by atoms with E-state index in [1.807, 2.05) is 0 Å². The van der Waals surface area contributed by atoms with Crippen LogP contribution in [0.25, 0.3) is 0 Å². The van der Waals surface area contributed by atoms with Crippen molar-refractivity contribution in [3.05, 3.63) is 0 Å². The summed E-state index contributed by atoms with van der Waals surface area (Å²) in [7, 11) is 0. The molecule has 1 aliphatic carbocycles. The first-order valence-electron chi connectivity index (χ1n) is 8.28. The van der Waals surface area contributed by atoms with E-state index < -0.39 is 5.60 Å². The minimum absolute atomic E-state index is 0.396. The topological polar surface area (TPSA) is 26.7 Å². The molecule has 2 rings (SSSR count). The number of β-amino-alcohol motifs (C(OH)–C–C–N with tert-alkyl or cyclic N) is 1. The molecule has 0 radical (unpaired) electrons. The Morgan fingerprint density at radius 3 is 2.37 bits per heavy atom. The Morgan fingerprint density at radius 1 is 1.05 bits per heavy atom. The van der Waals surface area contributed by atoms with Gasteiger partial charge < -0.3 is 10.0 Å². The first kappa shape index (κ1) is 15.3. The molecular weight excluding hydrogens is 236 g/mol. The average Bonchev–Trinajstić information content (AvgIpc) is 2.60. The molecule has 2 aliphatic rings. The molecule has 0 aromatic rings. The zero-order valence-electron chi connectivity index (χ0n) is 12.9. The van der Waals surface area contributed by atoms with Crippen molar-refractivity contribution in [1.29, 1.82) is 0 Å². The van der Waals surface area contributed by atoms with Gasteiger partial charge in [0.1, 0.15) is 0 Å². The summed E-state index contributed by atoms with van der Waals surface area (Å²) >= 11 is 0. The van der Waals surface area contributed by atoms with Gasteiger partial charge in [0.05, 0.1) is 5.60 Å². The fourth-order valence-electron chi connectivity index (χ4n) is 3.60. The van der Waals surface area contributed by atoms with Gasteiger partial charge in [-0.2, -0.15) is 0 Å². The van der Waals surface area contributed by atoms with E-state index in [0.29, 0.717) is 0 Å². The van der Waals surface area contributed by atoms with Crippen molar-refractivity contribution in [2.45, 2.75) is 58.0 Å². The van der Waals surface area contributed by atoms with Gasteiger partial charge in [-0.15, -0.1) is 0 Å². The van der Waals surface area contributed by atoms with E-state index in [-0.39, 0.29) is 0 Å². The first-order valence-corrected chi connectivity index (χ1v) is 8.28. The minimum Gasteiger partial charge on any atom is -0.389 e. The van der Waals surface area contributed by atoms with Gasteiger partial charge in [-0.25, -0.2) is 0 Å². The molecule has 19 heavy (non-hydrogen) atoms. The summed E-state index contributed by atoms with van der Waals surface area (Å²) in [5.74, 6) is 0.810. The van der Waals surface area contributed by atoms with Gasteiger partial charge in [0.25, 0.3) is 0 Å². The largest absolute Gasteiger partial charge is 0.389 e. The lowest BCUT2D eigenvalue weighted by atomic mass is 9.79. The van der Waals surface area contributed by atoms with E-state index in [9.17, 15) is 5.11 Å². The summed E-state index contributed by atoms with van der Waals surface area (Å²) in [5, 5.41) is 10.7. The molecule has 1 saturated heterocycles. The molecule has 0 aromatic carbocycles. The standard InChI is InChI=1S/C16H32N2O/c1-3-9-17-10-4-11-18(13-12-17)14-16(19)7-5-15(2)6-8-16/h15,19H,3-14H2,1-2H3. The highest BCUT2D eigenvalue weighted by atomic mass is 16.3. The summed E-state index contributed by atoms with van der Waals surface area (Å²) in [6.45, 7) is 11.4. The van der Waals surface area contributed by atoms with Crippen LogP contribution in [0.3, 0.4) is 0 Å². The minimum atomic E-state index is -0.396. The summed E-state index contributed by atoms with van der Waals surface area (Å²) < 4.78 is 0. The van der Waals surface area contributed by atoms with Gasteiger partial charge in [0.15, 0.2) is 0 Å². The van der Waals surface area contributed by atoms with Crippen LogP contribution in [0.4, 0.5) is 0 Å². The van der Waals surface area contributed by atoms with Crippen molar-refractivity contribution >= 4 is 0 Å².